The number of esters is 1. The highest BCUT2D eigenvalue weighted by Crippen LogP contribution is 2.54. The summed E-state index contributed by atoms with van der Waals surface area (Å²) < 4.78 is 11.7. The molecule has 36 heavy (non-hydrogen) atoms. The lowest BCUT2D eigenvalue weighted by Crippen LogP contribution is -2.27. The zero-order valence-corrected chi connectivity index (χ0v) is 23.1. The van der Waals surface area contributed by atoms with Gasteiger partial charge in [-0.15, -0.1) is 0 Å². The van der Waals surface area contributed by atoms with Crippen molar-refractivity contribution in [1.82, 2.24) is 0 Å². The van der Waals surface area contributed by atoms with Gasteiger partial charge in [0.15, 0.2) is 0 Å². The van der Waals surface area contributed by atoms with E-state index in [1.54, 1.807) is 0 Å². The Morgan fingerprint density at radius 1 is 0.861 bits per heavy atom. The highest BCUT2D eigenvalue weighted by molar-refractivity contribution is 5.90. The maximum absolute atomic E-state index is 12.0. The van der Waals surface area contributed by atoms with Crippen LogP contribution in [0.5, 0.6) is 11.5 Å². The van der Waals surface area contributed by atoms with Gasteiger partial charge in [0.25, 0.3) is 0 Å². The van der Waals surface area contributed by atoms with Crippen LogP contribution in [0.25, 0.3) is 17.2 Å². The fourth-order valence-corrected chi connectivity index (χ4v) is 4.82. The second-order valence-corrected chi connectivity index (χ2v) is 12.3. The molecule has 0 unspecified atom stereocenters. The van der Waals surface area contributed by atoms with Crippen molar-refractivity contribution in [3.05, 3.63) is 88.5 Å². The van der Waals surface area contributed by atoms with E-state index in [9.17, 15) is 4.79 Å². The number of methoxy groups -OCH3 is 1. The summed E-state index contributed by atoms with van der Waals surface area (Å²) in [5.74, 6) is 1.38. The molecular weight excluding hydrogens is 444 g/mol. The molecule has 0 saturated heterocycles. The number of carbonyl (C=O) groups is 1. The summed E-state index contributed by atoms with van der Waals surface area (Å²) in [5, 5.41) is 0. The maximum atomic E-state index is 12.0. The Morgan fingerprint density at radius 3 is 1.89 bits per heavy atom. The van der Waals surface area contributed by atoms with Crippen molar-refractivity contribution >= 4 is 12.0 Å². The number of ether oxygens (including phenoxy) is 2. The molecule has 1 aliphatic rings. The van der Waals surface area contributed by atoms with E-state index in [2.05, 4.69) is 86.2 Å². The van der Waals surface area contributed by atoms with Gasteiger partial charge in [-0.2, -0.15) is 0 Å². The number of benzene rings is 3. The van der Waals surface area contributed by atoms with Crippen molar-refractivity contribution in [1.29, 1.82) is 0 Å². The molecule has 0 amide bonds. The molecule has 0 fully saturated rings. The molecule has 0 radical (unpaired) electrons. The maximum Gasteiger partial charge on any atom is 0.337 e. The van der Waals surface area contributed by atoms with Crippen molar-refractivity contribution in [3.8, 4) is 22.6 Å². The van der Waals surface area contributed by atoms with Gasteiger partial charge in [-0.05, 0) is 51.8 Å². The zero-order valence-electron chi connectivity index (χ0n) is 23.1. The Hall–Kier alpha value is -3.33. The first-order chi connectivity index (χ1) is 16.7. The summed E-state index contributed by atoms with van der Waals surface area (Å²) in [5.41, 5.74) is 8.05. The molecule has 3 aromatic rings. The van der Waals surface area contributed by atoms with Gasteiger partial charge >= 0.3 is 5.97 Å². The van der Waals surface area contributed by atoms with Crippen LogP contribution < -0.4 is 4.74 Å². The quantitative estimate of drug-likeness (QED) is 0.350. The van der Waals surface area contributed by atoms with Crippen molar-refractivity contribution in [3.63, 3.8) is 0 Å². The smallest absolute Gasteiger partial charge is 0.337 e. The topological polar surface area (TPSA) is 35.5 Å². The molecule has 4 rings (SSSR count). The minimum atomic E-state index is -0.344. The Morgan fingerprint density at radius 2 is 1.39 bits per heavy atom. The second-order valence-electron chi connectivity index (χ2n) is 12.3. The predicted molar refractivity (Wildman–Crippen MR) is 149 cm³/mol. The molecule has 0 aliphatic carbocycles. The fraction of sp³-hybridized carbons (Fsp3) is 0.364. The zero-order chi connectivity index (χ0) is 26.6. The third-order valence-electron chi connectivity index (χ3n) is 7.33. The van der Waals surface area contributed by atoms with Crippen molar-refractivity contribution in [2.45, 2.75) is 71.6 Å². The van der Waals surface area contributed by atoms with Crippen LogP contribution in [-0.4, -0.2) is 13.1 Å². The van der Waals surface area contributed by atoms with Crippen LogP contribution in [0.1, 0.15) is 93.6 Å². The molecule has 3 nitrogen and oxygen atoms in total. The van der Waals surface area contributed by atoms with E-state index in [1.807, 2.05) is 30.3 Å². The first kappa shape index (κ1) is 25.8. The van der Waals surface area contributed by atoms with Crippen molar-refractivity contribution < 1.29 is 14.3 Å². The van der Waals surface area contributed by atoms with Gasteiger partial charge in [0, 0.05) is 27.7 Å². The van der Waals surface area contributed by atoms with E-state index in [4.69, 9.17) is 9.47 Å². The third-order valence-corrected chi connectivity index (χ3v) is 7.33. The number of rotatable bonds is 3. The fourth-order valence-electron chi connectivity index (χ4n) is 4.82. The van der Waals surface area contributed by atoms with Gasteiger partial charge in [0.1, 0.15) is 11.5 Å². The van der Waals surface area contributed by atoms with E-state index in [0.717, 1.165) is 33.8 Å². The van der Waals surface area contributed by atoms with E-state index in [0.29, 0.717) is 5.56 Å². The molecule has 3 aromatic carbocycles. The highest BCUT2D eigenvalue weighted by atomic mass is 16.5. The third kappa shape index (κ3) is 4.36. The van der Waals surface area contributed by atoms with Crippen LogP contribution >= 0.6 is 0 Å². The lowest BCUT2D eigenvalue weighted by molar-refractivity contribution is 0.0600. The Bertz CT molecular complexity index is 1340. The number of carbonyl (C=O) groups excluding carboxylic acids is 1. The standard InChI is InChI=1S/C33H38O3/c1-11-20-16-23(31(2,3)4)18-26-28(20)36-29-25(21-12-14-22(15-13-21)30(34)35-10)17-24(32(5,6)7)19-27(29)33(26,8)9/h11-19H,1H2,2-10H3. The molecule has 0 atom stereocenters. The van der Waals surface area contributed by atoms with Gasteiger partial charge in [0.05, 0.1) is 12.7 Å². The average molecular weight is 483 g/mol. The van der Waals surface area contributed by atoms with Gasteiger partial charge in [0.2, 0.25) is 0 Å². The molecule has 0 saturated carbocycles. The van der Waals surface area contributed by atoms with Gasteiger partial charge in [-0.3, -0.25) is 0 Å². The Labute approximate surface area is 216 Å². The summed E-state index contributed by atoms with van der Waals surface area (Å²) in [6.45, 7) is 22.1. The minimum absolute atomic E-state index is 0.00293. The van der Waals surface area contributed by atoms with E-state index < -0.39 is 0 Å². The van der Waals surface area contributed by atoms with Crippen LogP contribution in [0.4, 0.5) is 0 Å². The lowest BCUT2D eigenvalue weighted by atomic mass is 9.70. The SMILES string of the molecule is C=Cc1cc(C(C)(C)C)cc2c1Oc1c(-c3ccc(C(=O)OC)cc3)cc(C(C)(C)C)cc1C2(C)C. The monoisotopic (exact) mass is 482 g/mol. The molecule has 0 aromatic heterocycles. The lowest BCUT2D eigenvalue weighted by Gasteiger charge is -2.39. The number of hydrogen-bond donors (Lipinski definition) is 0. The van der Waals surface area contributed by atoms with Crippen LogP contribution in [0.2, 0.25) is 0 Å². The number of fused-ring (bicyclic) bond motifs is 2. The van der Waals surface area contributed by atoms with E-state index in [1.165, 1.54) is 23.8 Å². The summed E-state index contributed by atoms with van der Waals surface area (Å²) in [6, 6.07) is 16.6. The van der Waals surface area contributed by atoms with Gasteiger partial charge < -0.3 is 9.47 Å². The Balaban J connectivity index is 2.01. The molecule has 3 heteroatoms. The minimum Gasteiger partial charge on any atom is -0.465 e. The van der Waals surface area contributed by atoms with Gasteiger partial charge in [-0.25, -0.2) is 4.79 Å². The summed E-state index contributed by atoms with van der Waals surface area (Å²) in [4.78, 5) is 12.0. The van der Waals surface area contributed by atoms with Gasteiger partial charge in [-0.1, -0.05) is 92.3 Å². The Kier molecular flexibility index (Phi) is 6.19. The summed E-state index contributed by atoms with van der Waals surface area (Å²) >= 11 is 0. The van der Waals surface area contributed by atoms with Crippen molar-refractivity contribution in [2.24, 2.45) is 0 Å². The molecule has 0 N–H and O–H groups in total. The molecule has 0 bridgehead atoms. The predicted octanol–water partition coefficient (Wildman–Crippen LogP) is 8.81. The summed E-state index contributed by atoms with van der Waals surface area (Å²) in [6.07, 6.45) is 1.89. The average Bonchev–Trinajstić information content (AvgIpc) is 2.81. The van der Waals surface area contributed by atoms with Crippen LogP contribution in [-0.2, 0) is 21.0 Å². The summed E-state index contributed by atoms with van der Waals surface area (Å²) in [7, 11) is 1.40. The van der Waals surface area contributed by atoms with Crippen molar-refractivity contribution in [2.75, 3.05) is 7.11 Å². The molecule has 0 spiro atoms. The number of hydrogen-bond acceptors (Lipinski definition) is 3. The second kappa shape index (κ2) is 8.65. The largest absolute Gasteiger partial charge is 0.465 e. The molecule has 1 heterocycles. The first-order valence-electron chi connectivity index (χ1n) is 12.6. The van der Waals surface area contributed by atoms with Crippen LogP contribution in [0.3, 0.4) is 0 Å². The van der Waals surface area contributed by atoms with Crippen LogP contribution in [0, 0.1) is 0 Å². The van der Waals surface area contributed by atoms with Crippen LogP contribution in [0.15, 0.2) is 55.1 Å². The normalized spacial score (nSPS) is 14.4. The molecule has 188 valence electrons. The first-order valence-corrected chi connectivity index (χ1v) is 12.6. The van der Waals surface area contributed by atoms with E-state index in [-0.39, 0.29) is 22.2 Å². The molecule has 1 aliphatic heterocycles. The molecular formula is C33H38O3. The van der Waals surface area contributed by atoms with E-state index >= 15 is 0 Å². The highest BCUT2D eigenvalue weighted by Gasteiger charge is 2.39.